The van der Waals surface area contributed by atoms with Crippen molar-refractivity contribution in [2.75, 3.05) is 43.2 Å². The molecule has 0 radical (unpaired) electrons. The fourth-order valence-electron chi connectivity index (χ4n) is 4.13. The number of pyridine rings is 2. The lowest BCUT2D eigenvalue weighted by Gasteiger charge is -2.57. The summed E-state index contributed by atoms with van der Waals surface area (Å²) in [5, 5.41) is 6.11. The molecule has 172 valence electrons. The van der Waals surface area contributed by atoms with E-state index in [2.05, 4.69) is 48.5 Å². The third-order valence-corrected chi connectivity index (χ3v) is 7.18. The van der Waals surface area contributed by atoms with Crippen LogP contribution in [0.3, 0.4) is 0 Å². The first-order valence-electron chi connectivity index (χ1n) is 10.6. The Morgan fingerprint density at radius 1 is 1.03 bits per heavy atom. The minimum absolute atomic E-state index is 0.0995. The van der Waals surface area contributed by atoms with Crippen molar-refractivity contribution in [3.05, 3.63) is 54.6 Å². The molecule has 2 aliphatic rings. The van der Waals surface area contributed by atoms with Crippen LogP contribution in [0.2, 0.25) is 0 Å². The molecule has 2 N–H and O–H groups in total. The maximum Gasteiger partial charge on any atom is 0.179 e. The van der Waals surface area contributed by atoms with Crippen LogP contribution in [0.4, 0.5) is 23.3 Å². The molecule has 0 unspecified atom stereocenters. The number of hydrogen-bond acceptors (Lipinski definition) is 10. The highest BCUT2D eigenvalue weighted by Crippen LogP contribution is 2.41. The number of anilines is 4. The predicted molar refractivity (Wildman–Crippen MR) is 123 cm³/mol. The Hall–Kier alpha value is -3.15. The van der Waals surface area contributed by atoms with Gasteiger partial charge in [0.05, 0.1) is 13.2 Å². The number of sulfone groups is 1. The molecular weight excluding hydrogens is 442 g/mol. The lowest BCUT2D eigenvalue weighted by atomic mass is 9.77. The highest BCUT2D eigenvalue weighted by Gasteiger charge is 2.50. The normalized spacial score (nSPS) is 18.2. The zero-order valence-electron chi connectivity index (χ0n) is 18.4. The van der Waals surface area contributed by atoms with Crippen molar-refractivity contribution in [3.63, 3.8) is 0 Å². The van der Waals surface area contributed by atoms with Gasteiger partial charge in [0.15, 0.2) is 9.84 Å². The van der Waals surface area contributed by atoms with E-state index in [0.717, 1.165) is 38.1 Å². The van der Waals surface area contributed by atoms with Crippen LogP contribution >= 0.6 is 0 Å². The van der Waals surface area contributed by atoms with Crippen LogP contribution in [0.25, 0.3) is 0 Å². The summed E-state index contributed by atoms with van der Waals surface area (Å²) in [6, 6.07) is 9.02. The van der Waals surface area contributed by atoms with Crippen LogP contribution < -0.4 is 10.6 Å². The van der Waals surface area contributed by atoms with Crippen molar-refractivity contribution in [2.45, 2.75) is 17.9 Å². The molecule has 2 saturated heterocycles. The van der Waals surface area contributed by atoms with Crippen LogP contribution in [0.1, 0.15) is 18.5 Å². The van der Waals surface area contributed by atoms with Crippen LogP contribution in [0, 0.1) is 5.41 Å². The molecular formula is C22H25N7O3S. The highest BCUT2D eigenvalue weighted by molar-refractivity contribution is 7.90. The fraction of sp³-hybridized carbons (Fsp3) is 0.364. The third kappa shape index (κ3) is 4.52. The maximum atomic E-state index is 12.0. The first-order valence-corrected chi connectivity index (χ1v) is 12.5. The van der Waals surface area contributed by atoms with Crippen LogP contribution in [-0.4, -0.2) is 65.8 Å². The molecule has 2 fully saturated rings. The Morgan fingerprint density at radius 3 is 2.42 bits per heavy atom. The van der Waals surface area contributed by atoms with Gasteiger partial charge in [-0.25, -0.2) is 28.4 Å². The largest absolute Gasteiger partial charge is 0.380 e. The molecule has 0 aliphatic carbocycles. The Bertz CT molecular complexity index is 1250. The van der Waals surface area contributed by atoms with Gasteiger partial charge in [0.1, 0.15) is 34.5 Å². The zero-order chi connectivity index (χ0) is 23.1. The zero-order valence-corrected chi connectivity index (χ0v) is 19.2. The molecule has 0 saturated carbocycles. The Balaban J connectivity index is 1.25. The number of aromatic nitrogens is 4. The number of nitrogens with zero attached hydrogens (tertiary/aromatic N) is 5. The minimum atomic E-state index is -3.44. The molecule has 5 rings (SSSR count). The lowest BCUT2D eigenvalue weighted by Crippen LogP contribution is -2.66. The SMILES string of the molecule is C[C@H](c1ccc(Nc2cc(Nc3ncccc3S(C)(=O)=O)ncn2)nc1)N1CC2(COC2)C1. The summed E-state index contributed by atoms with van der Waals surface area (Å²) in [4.78, 5) is 19.6. The smallest absolute Gasteiger partial charge is 0.179 e. The number of nitrogens with one attached hydrogen (secondary N) is 2. The molecule has 11 heteroatoms. The van der Waals surface area contributed by atoms with Crippen LogP contribution in [0.15, 0.2) is 53.9 Å². The molecule has 0 bridgehead atoms. The molecule has 0 amide bonds. The lowest BCUT2D eigenvalue weighted by molar-refractivity contribution is -0.197. The van der Waals surface area contributed by atoms with Crippen molar-refractivity contribution < 1.29 is 13.2 Å². The Morgan fingerprint density at radius 2 is 1.79 bits per heavy atom. The van der Waals surface area contributed by atoms with Crippen LogP contribution in [0.5, 0.6) is 0 Å². The topological polar surface area (TPSA) is 122 Å². The van der Waals surface area contributed by atoms with Gasteiger partial charge in [-0.1, -0.05) is 6.07 Å². The van der Waals surface area contributed by atoms with Gasteiger partial charge in [0, 0.05) is 49.3 Å². The second-order valence-electron chi connectivity index (χ2n) is 8.71. The van der Waals surface area contributed by atoms with Crippen LogP contribution in [-0.2, 0) is 14.6 Å². The van der Waals surface area contributed by atoms with E-state index < -0.39 is 9.84 Å². The average Bonchev–Trinajstić information content (AvgIpc) is 2.72. The summed E-state index contributed by atoms with van der Waals surface area (Å²) in [6.45, 7) is 6.09. The summed E-state index contributed by atoms with van der Waals surface area (Å²) < 4.78 is 29.4. The van der Waals surface area contributed by atoms with Crippen molar-refractivity contribution in [2.24, 2.45) is 5.41 Å². The van der Waals surface area contributed by atoms with Crippen molar-refractivity contribution in [3.8, 4) is 0 Å². The second kappa shape index (κ2) is 8.32. The minimum Gasteiger partial charge on any atom is -0.380 e. The molecule has 2 aliphatic heterocycles. The molecule has 5 heterocycles. The van der Waals surface area contributed by atoms with E-state index in [9.17, 15) is 8.42 Å². The summed E-state index contributed by atoms with van der Waals surface area (Å²) in [5.41, 5.74) is 1.54. The van der Waals surface area contributed by atoms with Crippen molar-refractivity contribution in [1.82, 2.24) is 24.8 Å². The third-order valence-electron chi connectivity index (χ3n) is 6.05. The van der Waals surface area contributed by atoms with Gasteiger partial charge in [-0.05, 0) is 30.7 Å². The van der Waals surface area contributed by atoms with Gasteiger partial charge in [-0.15, -0.1) is 0 Å². The number of likely N-dealkylation sites (tertiary alicyclic amines) is 1. The van der Waals surface area contributed by atoms with E-state index in [1.54, 1.807) is 12.1 Å². The van der Waals surface area contributed by atoms with E-state index in [-0.39, 0.29) is 10.7 Å². The van der Waals surface area contributed by atoms with Gasteiger partial charge >= 0.3 is 0 Å². The molecule has 33 heavy (non-hydrogen) atoms. The standard InChI is InChI=1S/C22H25N7O3S/c1-15(29-10-22(11-29)12-32-13-22)16-5-6-18(24-9-16)27-19-8-20(26-14-25-19)28-21-17(33(2,30)31)4-3-7-23-21/h3-9,14-15H,10-13H2,1-2H3,(H2,23,24,25,26,27,28)/t15-/m1/s1. The maximum absolute atomic E-state index is 12.0. The highest BCUT2D eigenvalue weighted by atomic mass is 32.2. The Labute approximate surface area is 192 Å². The first kappa shape index (κ1) is 21.7. The molecule has 3 aromatic rings. The first-order chi connectivity index (χ1) is 15.8. The van der Waals surface area contributed by atoms with Gasteiger partial charge in [-0.2, -0.15) is 0 Å². The fourth-order valence-corrected chi connectivity index (χ4v) is 4.91. The molecule has 10 nitrogen and oxygen atoms in total. The molecule has 3 aromatic heterocycles. The van der Waals surface area contributed by atoms with E-state index in [0.29, 0.717) is 28.9 Å². The summed E-state index contributed by atoms with van der Waals surface area (Å²) >= 11 is 0. The number of ether oxygens (including phenoxy) is 1. The average molecular weight is 468 g/mol. The quantitative estimate of drug-likeness (QED) is 0.536. The predicted octanol–water partition coefficient (Wildman–Crippen LogP) is 2.55. The van der Waals surface area contributed by atoms with E-state index in [4.69, 9.17) is 4.74 Å². The molecule has 1 atom stereocenters. The summed E-state index contributed by atoms with van der Waals surface area (Å²) in [5.74, 6) is 1.79. The van der Waals surface area contributed by atoms with Gasteiger partial charge in [0.2, 0.25) is 0 Å². The number of rotatable bonds is 7. The van der Waals surface area contributed by atoms with Crippen molar-refractivity contribution in [1.29, 1.82) is 0 Å². The monoisotopic (exact) mass is 467 g/mol. The molecule has 1 spiro atoms. The number of hydrogen-bond donors (Lipinski definition) is 2. The summed E-state index contributed by atoms with van der Waals surface area (Å²) in [6.07, 6.45) is 5.92. The van der Waals surface area contributed by atoms with Gasteiger partial charge < -0.3 is 15.4 Å². The Kier molecular flexibility index (Phi) is 5.47. The van der Waals surface area contributed by atoms with E-state index in [1.165, 1.54) is 18.6 Å². The van der Waals surface area contributed by atoms with Gasteiger partial charge in [-0.3, -0.25) is 4.90 Å². The van der Waals surface area contributed by atoms with Gasteiger partial charge in [0.25, 0.3) is 0 Å². The summed E-state index contributed by atoms with van der Waals surface area (Å²) in [7, 11) is -3.44. The van der Waals surface area contributed by atoms with Crippen molar-refractivity contribution >= 4 is 33.1 Å². The molecule has 0 aromatic carbocycles. The second-order valence-corrected chi connectivity index (χ2v) is 10.7. The van der Waals surface area contributed by atoms with E-state index in [1.807, 2.05) is 12.3 Å². The van der Waals surface area contributed by atoms with E-state index >= 15 is 0 Å².